The Hall–Kier alpha value is -5.89. The first-order chi connectivity index (χ1) is 24.3. The summed E-state index contributed by atoms with van der Waals surface area (Å²) in [7, 11) is 0. The summed E-state index contributed by atoms with van der Waals surface area (Å²) in [5, 5.41) is 0. The molecule has 0 saturated carbocycles. The van der Waals surface area contributed by atoms with E-state index in [1.165, 1.54) is 5.56 Å². The Balaban J connectivity index is 0.00000392. The maximum absolute atomic E-state index is 4.75. The average Bonchev–Trinajstić information content (AvgIpc) is 3.20. The normalized spacial score (nSPS) is 10.6. The van der Waals surface area contributed by atoms with Crippen molar-refractivity contribution in [2.45, 2.75) is 0 Å². The van der Waals surface area contributed by atoms with Crippen LogP contribution in [0.3, 0.4) is 0 Å². The van der Waals surface area contributed by atoms with E-state index in [2.05, 4.69) is 163 Å². The third-order valence-electron chi connectivity index (χ3n) is 8.56. The monoisotopic (exact) mass is 820 g/mol. The van der Waals surface area contributed by atoms with Crippen molar-refractivity contribution in [1.29, 1.82) is 0 Å². The van der Waals surface area contributed by atoms with E-state index >= 15 is 0 Å². The molecular formula is C46H31N3Pt. The third kappa shape index (κ3) is 7.10. The molecule has 0 spiro atoms. The smallest absolute Gasteiger partial charge is 0.346 e. The van der Waals surface area contributed by atoms with Crippen LogP contribution < -0.4 is 4.90 Å². The standard InChI is InChI=1S/C46H31N3.Pt/c1-4-12-34(13-5-1)37-22-24-42(25-23-37)49(43-20-10-18-40(30-43)45-32-38(26-28-47-45)35-14-6-2-7-15-35)44-21-11-19-41(31-44)46-33-39(27-29-48-46)36-16-8-3-9-17-36;/h1-29,32-33H;/q-2;+2. The molecular weight excluding hydrogens is 790 g/mol. The molecule has 240 valence electrons. The van der Waals surface area contributed by atoms with Gasteiger partial charge in [-0.3, -0.25) is 0 Å². The van der Waals surface area contributed by atoms with E-state index < -0.39 is 0 Å². The van der Waals surface area contributed by atoms with E-state index in [0.29, 0.717) is 0 Å². The summed E-state index contributed by atoms with van der Waals surface area (Å²) in [6.07, 6.45) is 3.73. The number of benzene rings is 6. The zero-order valence-electron chi connectivity index (χ0n) is 27.1. The van der Waals surface area contributed by atoms with Gasteiger partial charge in [0.2, 0.25) is 0 Å². The summed E-state index contributed by atoms with van der Waals surface area (Å²) in [6.45, 7) is 0. The number of hydrogen-bond acceptors (Lipinski definition) is 3. The molecule has 0 amide bonds. The second-order valence-corrected chi connectivity index (χ2v) is 11.7. The molecule has 8 rings (SSSR count). The number of pyridine rings is 2. The van der Waals surface area contributed by atoms with Gasteiger partial charge in [-0.15, -0.1) is 59.7 Å². The first kappa shape index (κ1) is 32.6. The second-order valence-electron chi connectivity index (χ2n) is 11.7. The first-order valence-electron chi connectivity index (χ1n) is 16.3. The number of rotatable bonds is 8. The molecule has 0 aliphatic rings. The van der Waals surface area contributed by atoms with Crippen molar-refractivity contribution in [3.8, 4) is 55.9 Å². The van der Waals surface area contributed by atoms with Crippen molar-refractivity contribution in [3.05, 3.63) is 200 Å². The molecule has 2 heterocycles. The van der Waals surface area contributed by atoms with Gasteiger partial charge in [0, 0.05) is 18.1 Å². The van der Waals surface area contributed by atoms with Crippen LogP contribution in [-0.4, -0.2) is 9.97 Å². The summed E-state index contributed by atoms with van der Waals surface area (Å²) >= 11 is 0. The Morgan fingerprint density at radius 1 is 0.360 bits per heavy atom. The quantitative estimate of drug-likeness (QED) is 0.143. The number of hydrogen-bond donors (Lipinski definition) is 0. The second kappa shape index (κ2) is 15.1. The molecule has 0 saturated heterocycles. The van der Waals surface area contributed by atoms with Crippen molar-refractivity contribution in [2.24, 2.45) is 0 Å². The maximum Gasteiger partial charge on any atom is 2.00 e. The van der Waals surface area contributed by atoms with Crippen molar-refractivity contribution in [1.82, 2.24) is 9.97 Å². The zero-order chi connectivity index (χ0) is 32.8. The molecule has 6 aromatic carbocycles. The topological polar surface area (TPSA) is 29.0 Å². The molecule has 4 heteroatoms. The predicted molar refractivity (Wildman–Crippen MR) is 202 cm³/mol. The van der Waals surface area contributed by atoms with Crippen LogP contribution in [0.1, 0.15) is 0 Å². The van der Waals surface area contributed by atoms with Gasteiger partial charge >= 0.3 is 21.1 Å². The average molecular weight is 821 g/mol. The first-order valence-corrected chi connectivity index (χ1v) is 16.3. The van der Waals surface area contributed by atoms with E-state index in [1.54, 1.807) is 0 Å². The van der Waals surface area contributed by atoms with Crippen LogP contribution in [0.4, 0.5) is 17.1 Å². The van der Waals surface area contributed by atoms with Crippen molar-refractivity contribution in [2.75, 3.05) is 4.90 Å². The van der Waals surface area contributed by atoms with Gasteiger partial charge in [-0.2, -0.15) is 0 Å². The van der Waals surface area contributed by atoms with E-state index in [1.807, 2.05) is 42.7 Å². The minimum Gasteiger partial charge on any atom is -0.346 e. The molecule has 50 heavy (non-hydrogen) atoms. The molecule has 0 aliphatic heterocycles. The Kier molecular flexibility index (Phi) is 9.87. The van der Waals surface area contributed by atoms with E-state index in [4.69, 9.17) is 9.97 Å². The zero-order valence-corrected chi connectivity index (χ0v) is 29.3. The van der Waals surface area contributed by atoms with E-state index in [-0.39, 0.29) is 21.1 Å². The molecule has 2 aromatic heterocycles. The van der Waals surface area contributed by atoms with Gasteiger partial charge in [0.25, 0.3) is 0 Å². The van der Waals surface area contributed by atoms with Crippen LogP contribution in [0, 0.1) is 12.1 Å². The predicted octanol–water partition coefficient (Wildman–Crippen LogP) is 11.9. The summed E-state index contributed by atoms with van der Waals surface area (Å²) < 4.78 is 0. The molecule has 0 radical (unpaired) electrons. The van der Waals surface area contributed by atoms with Crippen molar-refractivity contribution >= 4 is 17.1 Å². The molecule has 0 atom stereocenters. The molecule has 0 bridgehead atoms. The minimum absolute atomic E-state index is 0. The molecule has 0 fully saturated rings. The maximum atomic E-state index is 4.75. The van der Waals surface area contributed by atoms with Crippen LogP contribution >= 0.6 is 0 Å². The van der Waals surface area contributed by atoms with Gasteiger partial charge in [0.1, 0.15) is 0 Å². The van der Waals surface area contributed by atoms with Crippen LogP contribution in [0.2, 0.25) is 0 Å². The van der Waals surface area contributed by atoms with Crippen LogP contribution in [0.25, 0.3) is 55.9 Å². The van der Waals surface area contributed by atoms with Crippen molar-refractivity contribution < 1.29 is 21.1 Å². The van der Waals surface area contributed by atoms with Gasteiger partial charge in [0.15, 0.2) is 0 Å². The Labute approximate surface area is 307 Å². The van der Waals surface area contributed by atoms with Crippen LogP contribution in [-0.2, 0) is 21.1 Å². The van der Waals surface area contributed by atoms with Gasteiger partial charge in [-0.1, -0.05) is 115 Å². The summed E-state index contributed by atoms with van der Waals surface area (Å²) in [6, 6.07) is 68.1. The number of anilines is 3. The van der Waals surface area contributed by atoms with E-state index in [9.17, 15) is 0 Å². The van der Waals surface area contributed by atoms with Gasteiger partial charge in [0.05, 0.1) is 0 Å². The largest absolute Gasteiger partial charge is 2.00 e. The Bertz CT molecular complexity index is 2200. The summed E-state index contributed by atoms with van der Waals surface area (Å²) in [5.41, 5.74) is 13.2. The Morgan fingerprint density at radius 2 is 0.760 bits per heavy atom. The molecule has 0 aliphatic carbocycles. The molecule has 0 N–H and O–H groups in total. The minimum atomic E-state index is 0. The van der Waals surface area contributed by atoms with Crippen LogP contribution in [0.5, 0.6) is 0 Å². The van der Waals surface area contributed by atoms with E-state index in [0.717, 1.165) is 67.4 Å². The van der Waals surface area contributed by atoms with Gasteiger partial charge < -0.3 is 14.9 Å². The number of nitrogens with zero attached hydrogens (tertiary/aromatic N) is 3. The fourth-order valence-electron chi connectivity index (χ4n) is 6.09. The van der Waals surface area contributed by atoms with Crippen LogP contribution in [0.15, 0.2) is 188 Å². The van der Waals surface area contributed by atoms with Gasteiger partial charge in [-0.25, -0.2) is 0 Å². The third-order valence-corrected chi connectivity index (χ3v) is 8.56. The number of aromatic nitrogens is 2. The molecule has 0 unspecified atom stereocenters. The van der Waals surface area contributed by atoms with Gasteiger partial charge in [-0.05, 0) is 80.4 Å². The molecule has 3 nitrogen and oxygen atoms in total. The van der Waals surface area contributed by atoms with Crippen molar-refractivity contribution in [3.63, 3.8) is 0 Å². The fourth-order valence-corrected chi connectivity index (χ4v) is 6.09. The Morgan fingerprint density at radius 3 is 1.20 bits per heavy atom. The SMILES string of the molecule is [Pt+2].[c-]1c(-c2cc(-c3ccccc3)ccn2)cccc1N(c1[c-]c(-c2cc(-c3ccccc3)ccn2)ccc1)c1ccc(-c2ccccc2)cc1. The fraction of sp³-hybridized carbons (Fsp3) is 0. The summed E-state index contributed by atoms with van der Waals surface area (Å²) in [5.74, 6) is 0. The summed E-state index contributed by atoms with van der Waals surface area (Å²) in [4.78, 5) is 11.7. The molecule has 8 aromatic rings.